The van der Waals surface area contributed by atoms with E-state index in [0.29, 0.717) is 0 Å². The number of nitrogens with zero attached hydrogens (tertiary/aromatic N) is 2. The number of piperidine rings is 1. The lowest BCUT2D eigenvalue weighted by Crippen LogP contribution is -2.54. The topological polar surface area (TPSA) is 79.0 Å². The molecule has 0 spiro atoms. The second kappa shape index (κ2) is 10.8. The number of carbonyl (C=O) groups excluding carboxylic acids is 1. The van der Waals surface area contributed by atoms with Gasteiger partial charge in [0.2, 0.25) is 10.0 Å². The number of carbonyl (C=O) groups is 1. The molecule has 4 rings (SSSR count). The van der Waals surface area contributed by atoms with Crippen molar-refractivity contribution < 1.29 is 17.9 Å². The molecule has 9 heteroatoms. The van der Waals surface area contributed by atoms with Gasteiger partial charge in [0.15, 0.2) is 0 Å². The molecular weight excluding hydrogens is 450 g/mol. The summed E-state index contributed by atoms with van der Waals surface area (Å²) in [5.74, 6) is 0.603. The van der Waals surface area contributed by atoms with E-state index in [9.17, 15) is 13.2 Å². The molecule has 2 aliphatic heterocycles. The predicted octanol–water partition coefficient (Wildman–Crippen LogP) is 2.89. The Labute approximate surface area is 196 Å². The molecule has 1 N–H and O–H groups in total. The Balaban J connectivity index is 1.27. The Morgan fingerprint density at radius 3 is 2.50 bits per heavy atom. The van der Waals surface area contributed by atoms with Crippen LogP contribution in [0.3, 0.4) is 0 Å². The number of ether oxygens (including phenoxy) is 1. The molecule has 178 valence electrons. The third-order valence-corrected chi connectivity index (χ3v) is 9.32. The summed E-state index contributed by atoms with van der Waals surface area (Å²) in [6.07, 6.45) is 7.85. The summed E-state index contributed by atoms with van der Waals surface area (Å²) in [6, 6.07) is 6.49. The van der Waals surface area contributed by atoms with Crippen molar-refractivity contribution >= 4 is 27.5 Å². The molecule has 3 aliphatic rings. The molecule has 2 saturated heterocycles. The number of benzene rings is 1. The number of likely N-dealkylation sites (tertiary alicyclic amines) is 1. The predicted molar refractivity (Wildman–Crippen MR) is 124 cm³/mol. The van der Waals surface area contributed by atoms with Crippen LogP contribution in [0.1, 0.15) is 44.9 Å². The van der Waals surface area contributed by atoms with Crippen LogP contribution >= 0.6 is 11.6 Å². The summed E-state index contributed by atoms with van der Waals surface area (Å²) in [7, 11) is -3.78. The van der Waals surface area contributed by atoms with Crippen molar-refractivity contribution in [2.45, 2.75) is 62.0 Å². The zero-order chi connectivity index (χ0) is 22.6. The minimum absolute atomic E-state index is 0.0000845. The van der Waals surface area contributed by atoms with Gasteiger partial charge in [0.05, 0.1) is 11.6 Å². The van der Waals surface area contributed by atoms with Crippen LogP contribution in [0.2, 0.25) is 5.02 Å². The highest BCUT2D eigenvalue weighted by atomic mass is 35.5. The smallest absolute Gasteiger partial charge is 0.250 e. The first-order chi connectivity index (χ1) is 15.4. The molecule has 3 fully saturated rings. The molecule has 1 atom stereocenters. The number of amides is 1. The third kappa shape index (κ3) is 5.83. The summed E-state index contributed by atoms with van der Waals surface area (Å²) in [4.78, 5) is 15.4. The molecule has 32 heavy (non-hydrogen) atoms. The van der Waals surface area contributed by atoms with Gasteiger partial charge in [-0.3, -0.25) is 4.79 Å². The fourth-order valence-corrected chi connectivity index (χ4v) is 7.00. The van der Waals surface area contributed by atoms with E-state index in [4.69, 9.17) is 16.3 Å². The molecule has 0 radical (unpaired) electrons. The monoisotopic (exact) mass is 483 g/mol. The molecule has 1 aromatic carbocycles. The molecule has 1 saturated carbocycles. The summed E-state index contributed by atoms with van der Waals surface area (Å²) in [5, 5.41) is 3.28. The van der Waals surface area contributed by atoms with E-state index in [1.54, 1.807) is 18.2 Å². The van der Waals surface area contributed by atoms with E-state index in [1.807, 2.05) is 0 Å². The van der Waals surface area contributed by atoms with Crippen LogP contribution < -0.4 is 5.32 Å². The van der Waals surface area contributed by atoms with Gasteiger partial charge in [0, 0.05) is 38.8 Å². The van der Waals surface area contributed by atoms with Gasteiger partial charge in [-0.1, -0.05) is 43.0 Å². The maximum absolute atomic E-state index is 13.0. The Morgan fingerprint density at radius 1 is 1.06 bits per heavy atom. The van der Waals surface area contributed by atoms with Crippen LogP contribution in [0.25, 0.3) is 0 Å². The molecule has 1 aromatic rings. The number of sulfonamides is 1. The number of nitrogens with one attached hydrogen (secondary N) is 1. The van der Waals surface area contributed by atoms with Gasteiger partial charge in [-0.15, -0.1) is 0 Å². The first kappa shape index (κ1) is 24.0. The van der Waals surface area contributed by atoms with E-state index in [-0.39, 0.29) is 41.6 Å². The second-order valence-corrected chi connectivity index (χ2v) is 11.6. The lowest BCUT2D eigenvalue weighted by molar-refractivity contribution is -0.137. The van der Waals surface area contributed by atoms with E-state index in [0.717, 1.165) is 31.8 Å². The first-order valence-electron chi connectivity index (χ1n) is 11.8. The van der Waals surface area contributed by atoms with Crippen molar-refractivity contribution in [3.8, 4) is 0 Å². The highest BCUT2D eigenvalue weighted by Gasteiger charge is 2.36. The first-order valence-corrected chi connectivity index (χ1v) is 13.6. The maximum Gasteiger partial charge on any atom is 0.250 e. The third-order valence-electron chi connectivity index (χ3n) is 6.95. The average Bonchev–Trinajstić information content (AvgIpc) is 2.81. The molecule has 1 amide bonds. The van der Waals surface area contributed by atoms with E-state index in [1.165, 1.54) is 49.0 Å². The van der Waals surface area contributed by atoms with Crippen molar-refractivity contribution in [2.24, 2.45) is 5.92 Å². The lowest BCUT2D eigenvalue weighted by atomic mass is 9.88. The van der Waals surface area contributed by atoms with Crippen molar-refractivity contribution in [3.63, 3.8) is 0 Å². The van der Waals surface area contributed by atoms with Crippen LogP contribution in [-0.4, -0.2) is 75.0 Å². The highest BCUT2D eigenvalue weighted by molar-refractivity contribution is 7.89. The van der Waals surface area contributed by atoms with Crippen LogP contribution in [0.5, 0.6) is 0 Å². The van der Waals surface area contributed by atoms with Crippen molar-refractivity contribution in [2.75, 3.05) is 39.3 Å². The number of hydrogen-bond donors (Lipinski definition) is 1. The average molecular weight is 484 g/mol. The van der Waals surface area contributed by atoms with Crippen molar-refractivity contribution in [1.29, 1.82) is 0 Å². The molecule has 0 bridgehead atoms. The van der Waals surface area contributed by atoms with Crippen molar-refractivity contribution in [3.05, 3.63) is 29.3 Å². The van der Waals surface area contributed by atoms with Crippen molar-refractivity contribution in [1.82, 2.24) is 14.5 Å². The normalized spacial score (nSPS) is 25.0. The Morgan fingerprint density at radius 2 is 1.78 bits per heavy atom. The Bertz CT molecular complexity index is 883. The van der Waals surface area contributed by atoms with E-state index in [2.05, 4.69) is 10.2 Å². The fourth-order valence-electron chi connectivity index (χ4n) is 5.08. The second-order valence-electron chi connectivity index (χ2n) is 9.24. The molecule has 7 nitrogen and oxygen atoms in total. The maximum atomic E-state index is 13.0. The Hall–Kier alpha value is -1.19. The fraction of sp³-hybridized carbons (Fsp3) is 0.696. The van der Waals surface area contributed by atoms with Gasteiger partial charge in [-0.25, -0.2) is 8.42 Å². The highest BCUT2D eigenvalue weighted by Crippen LogP contribution is 2.27. The van der Waals surface area contributed by atoms with Gasteiger partial charge < -0.3 is 15.0 Å². The summed E-state index contributed by atoms with van der Waals surface area (Å²) >= 11 is 6.11. The van der Waals surface area contributed by atoms with Gasteiger partial charge in [0.1, 0.15) is 11.0 Å². The molecule has 1 unspecified atom stereocenters. The minimum atomic E-state index is -3.78. The number of hydrogen-bond acceptors (Lipinski definition) is 5. The minimum Gasteiger partial charge on any atom is -0.366 e. The van der Waals surface area contributed by atoms with Crippen LogP contribution in [-0.2, 0) is 19.6 Å². The zero-order valence-electron chi connectivity index (χ0n) is 18.5. The summed E-state index contributed by atoms with van der Waals surface area (Å²) < 4.78 is 33.0. The van der Waals surface area contributed by atoms with Crippen LogP contribution in [0.4, 0.5) is 0 Å². The summed E-state index contributed by atoms with van der Waals surface area (Å²) in [6.45, 7) is 3.57. The number of halogens is 1. The SMILES string of the molecule is O=C(NC1CCN(CC2CCCCC2)CC1)C1CN(S(=O)(=O)c2ccccc2Cl)CCO1. The molecule has 0 aromatic heterocycles. The largest absolute Gasteiger partial charge is 0.366 e. The molecular formula is C23H34ClN3O4S. The van der Waals surface area contributed by atoms with Gasteiger partial charge >= 0.3 is 0 Å². The summed E-state index contributed by atoms with van der Waals surface area (Å²) in [5.41, 5.74) is 0. The van der Waals surface area contributed by atoms with Crippen LogP contribution in [0, 0.1) is 5.92 Å². The van der Waals surface area contributed by atoms with Crippen LogP contribution in [0.15, 0.2) is 29.2 Å². The van der Waals surface area contributed by atoms with Gasteiger partial charge in [-0.2, -0.15) is 4.31 Å². The Kier molecular flexibility index (Phi) is 8.10. The van der Waals surface area contributed by atoms with E-state index < -0.39 is 16.1 Å². The van der Waals surface area contributed by atoms with E-state index >= 15 is 0 Å². The zero-order valence-corrected chi connectivity index (χ0v) is 20.1. The van der Waals surface area contributed by atoms with Gasteiger partial charge in [-0.05, 0) is 43.7 Å². The standard InChI is InChI=1S/C23H34ClN3O4S/c24-20-8-4-5-9-22(20)32(29,30)27-14-15-31-21(17-27)23(28)25-19-10-12-26(13-11-19)16-18-6-2-1-3-7-18/h4-5,8-9,18-19,21H,1-3,6-7,10-17H2,(H,25,28). The molecule has 1 aliphatic carbocycles. The molecule has 2 heterocycles. The quantitative estimate of drug-likeness (QED) is 0.673. The lowest BCUT2D eigenvalue weighted by Gasteiger charge is -2.36. The number of rotatable bonds is 6. The number of morpholine rings is 1. The van der Waals surface area contributed by atoms with Gasteiger partial charge in [0.25, 0.3) is 5.91 Å².